The number of aliphatic hydroxyl groups is 1. The van der Waals surface area contributed by atoms with Crippen LogP contribution in [0.4, 0.5) is 0 Å². The lowest BCUT2D eigenvalue weighted by molar-refractivity contribution is 0.221. The summed E-state index contributed by atoms with van der Waals surface area (Å²) >= 11 is 0. The van der Waals surface area contributed by atoms with Crippen LogP contribution in [0, 0.1) is 0 Å². The summed E-state index contributed by atoms with van der Waals surface area (Å²) in [4.78, 5) is 0. The second kappa shape index (κ2) is 7.58. The predicted molar refractivity (Wildman–Crippen MR) is 129 cm³/mol. The normalized spacial score (nSPS) is 14.2. The standard InChI is InChI=1S/C27H30O3P/c1-26(2,3)18-14-17(15-19(16-18)27(4,5)6)24(28)22-12-9-11-21-20-10-7-8-13-23(20)30-31(29)25(21)22/h7-16,24,28H,1-6H3/q+1. The van der Waals surface area contributed by atoms with E-state index in [1.807, 2.05) is 42.5 Å². The molecule has 1 N–H and O–H groups in total. The van der Waals surface area contributed by atoms with Gasteiger partial charge in [0.25, 0.3) is 0 Å². The van der Waals surface area contributed by atoms with Crippen molar-refractivity contribution in [2.75, 3.05) is 0 Å². The first kappa shape index (κ1) is 21.7. The van der Waals surface area contributed by atoms with E-state index >= 15 is 0 Å². The molecular weight excluding hydrogens is 403 g/mol. The smallest absolute Gasteiger partial charge is 0.383 e. The quantitative estimate of drug-likeness (QED) is 0.326. The molecule has 0 aliphatic rings. The highest BCUT2D eigenvalue weighted by Crippen LogP contribution is 2.42. The van der Waals surface area contributed by atoms with E-state index in [9.17, 15) is 9.67 Å². The van der Waals surface area contributed by atoms with Crippen LogP contribution in [0.3, 0.4) is 0 Å². The molecule has 160 valence electrons. The van der Waals surface area contributed by atoms with Crippen LogP contribution in [0.5, 0.6) is 0 Å². The number of para-hydroxylation sites is 1. The number of hydrogen-bond acceptors (Lipinski definition) is 3. The molecule has 0 saturated carbocycles. The molecule has 3 aromatic carbocycles. The van der Waals surface area contributed by atoms with E-state index in [0.717, 1.165) is 16.3 Å². The number of hydrogen-bond donors (Lipinski definition) is 1. The zero-order valence-corrected chi connectivity index (χ0v) is 20.0. The van der Waals surface area contributed by atoms with Gasteiger partial charge in [0, 0.05) is 16.3 Å². The third-order valence-electron chi connectivity index (χ3n) is 5.91. The Morgan fingerprint density at radius 1 is 0.806 bits per heavy atom. The average molecular weight is 434 g/mol. The van der Waals surface area contributed by atoms with Crippen molar-refractivity contribution in [2.24, 2.45) is 0 Å². The number of aliphatic hydroxyl groups excluding tert-OH is 1. The molecule has 0 saturated heterocycles. The van der Waals surface area contributed by atoms with Gasteiger partial charge >= 0.3 is 7.65 Å². The molecule has 4 heteroatoms. The Kier molecular flexibility index (Phi) is 5.32. The van der Waals surface area contributed by atoms with Crippen molar-refractivity contribution in [3.05, 3.63) is 82.9 Å². The summed E-state index contributed by atoms with van der Waals surface area (Å²) in [5, 5.41) is 13.9. The Labute approximate surface area is 184 Å². The summed E-state index contributed by atoms with van der Waals surface area (Å²) in [7, 11) is -2.11. The lowest BCUT2D eigenvalue weighted by atomic mass is 9.78. The van der Waals surface area contributed by atoms with Crippen molar-refractivity contribution in [1.29, 1.82) is 0 Å². The van der Waals surface area contributed by atoms with Gasteiger partial charge in [-0.25, -0.2) is 4.20 Å². The van der Waals surface area contributed by atoms with Crippen molar-refractivity contribution in [1.82, 2.24) is 0 Å². The molecule has 0 bridgehead atoms. The second-order valence-electron chi connectivity index (χ2n) is 10.3. The van der Waals surface area contributed by atoms with E-state index in [4.69, 9.17) is 4.20 Å². The lowest BCUT2D eigenvalue weighted by Gasteiger charge is -2.27. The fourth-order valence-electron chi connectivity index (χ4n) is 3.96. The van der Waals surface area contributed by atoms with Gasteiger partial charge in [0.05, 0.1) is 0 Å². The molecular formula is C27H30O3P+. The van der Waals surface area contributed by atoms with Gasteiger partial charge in [0.15, 0.2) is 5.58 Å². The van der Waals surface area contributed by atoms with Crippen LogP contribution in [0.1, 0.15) is 69.9 Å². The minimum absolute atomic E-state index is 0.0565. The van der Waals surface area contributed by atoms with Crippen LogP contribution in [0.15, 0.2) is 64.9 Å². The Hall–Kier alpha value is -2.48. The van der Waals surface area contributed by atoms with E-state index in [-0.39, 0.29) is 10.8 Å². The zero-order valence-electron chi connectivity index (χ0n) is 19.1. The van der Waals surface area contributed by atoms with Gasteiger partial charge in [-0.2, -0.15) is 0 Å². The summed E-state index contributed by atoms with van der Waals surface area (Å²) in [6.45, 7) is 13.1. The van der Waals surface area contributed by atoms with Crippen LogP contribution in [-0.2, 0) is 15.4 Å². The SMILES string of the molecule is CC(C)(C)c1cc(C(O)c2cccc3c4ccccc4o[p+](=O)c23)cc(C(C)(C)C)c1. The molecule has 0 aliphatic carbocycles. The van der Waals surface area contributed by atoms with Gasteiger partial charge in [-0.15, -0.1) is 0 Å². The fraction of sp³-hybridized carbons (Fsp3) is 0.333. The molecule has 1 aromatic heterocycles. The third kappa shape index (κ3) is 4.05. The van der Waals surface area contributed by atoms with E-state index in [1.165, 1.54) is 11.1 Å². The van der Waals surface area contributed by atoms with E-state index in [1.54, 1.807) is 0 Å². The Bertz CT molecular complexity index is 1300. The molecule has 0 spiro atoms. The monoisotopic (exact) mass is 433 g/mol. The van der Waals surface area contributed by atoms with E-state index < -0.39 is 13.8 Å². The molecule has 1 heterocycles. The van der Waals surface area contributed by atoms with Crippen LogP contribution in [-0.4, -0.2) is 5.11 Å². The summed E-state index contributed by atoms with van der Waals surface area (Å²) in [6, 6.07) is 19.7. The molecule has 0 fully saturated rings. The van der Waals surface area contributed by atoms with Crippen molar-refractivity contribution >= 4 is 29.1 Å². The fourth-order valence-corrected chi connectivity index (χ4v) is 5.19. The Morgan fingerprint density at radius 2 is 1.39 bits per heavy atom. The maximum absolute atomic E-state index is 13.1. The third-order valence-corrected chi connectivity index (χ3v) is 7.13. The number of rotatable bonds is 2. The van der Waals surface area contributed by atoms with Gasteiger partial charge < -0.3 is 5.11 Å². The van der Waals surface area contributed by atoms with Crippen molar-refractivity contribution < 1.29 is 13.9 Å². The largest absolute Gasteiger partial charge is 0.598 e. The maximum Gasteiger partial charge on any atom is 0.598 e. The lowest BCUT2D eigenvalue weighted by Crippen LogP contribution is -2.18. The summed E-state index contributed by atoms with van der Waals surface area (Å²) in [5.74, 6) is 0. The molecule has 4 rings (SSSR count). The molecule has 2 atom stereocenters. The van der Waals surface area contributed by atoms with Gasteiger partial charge in [-0.05, 0) is 44.2 Å². The Morgan fingerprint density at radius 3 is 2.00 bits per heavy atom. The molecule has 3 nitrogen and oxygen atoms in total. The topological polar surface area (TPSA) is 50.4 Å². The minimum atomic E-state index is -2.11. The van der Waals surface area contributed by atoms with Crippen molar-refractivity contribution in [3.8, 4) is 0 Å². The number of fused-ring (bicyclic) bond motifs is 3. The first-order valence-electron chi connectivity index (χ1n) is 10.7. The molecule has 31 heavy (non-hydrogen) atoms. The molecule has 2 unspecified atom stereocenters. The van der Waals surface area contributed by atoms with E-state index in [2.05, 4.69) is 59.7 Å². The number of benzene rings is 3. The highest BCUT2D eigenvalue weighted by molar-refractivity contribution is 7.37. The average Bonchev–Trinajstić information content (AvgIpc) is 2.71. The van der Waals surface area contributed by atoms with Crippen LogP contribution >= 0.6 is 7.65 Å². The first-order valence-corrected chi connectivity index (χ1v) is 11.9. The summed E-state index contributed by atoms with van der Waals surface area (Å²) < 4.78 is 18.8. The van der Waals surface area contributed by atoms with Crippen LogP contribution in [0.2, 0.25) is 0 Å². The van der Waals surface area contributed by atoms with Crippen molar-refractivity contribution in [3.63, 3.8) is 0 Å². The molecule has 0 aliphatic heterocycles. The summed E-state index contributed by atoms with van der Waals surface area (Å²) in [6.07, 6.45) is -0.897. The zero-order chi connectivity index (χ0) is 22.6. The van der Waals surface area contributed by atoms with Gasteiger partial charge in [0.2, 0.25) is 5.12 Å². The van der Waals surface area contributed by atoms with Crippen LogP contribution < -0.4 is 0 Å². The second-order valence-corrected chi connectivity index (χ2v) is 11.5. The highest BCUT2D eigenvalue weighted by Gasteiger charge is 2.28. The first-order chi connectivity index (χ1) is 14.5. The molecule has 0 radical (unpaired) electrons. The molecule has 4 aromatic rings. The van der Waals surface area contributed by atoms with E-state index in [0.29, 0.717) is 16.3 Å². The van der Waals surface area contributed by atoms with Crippen LogP contribution in [0.25, 0.3) is 21.5 Å². The van der Waals surface area contributed by atoms with Crippen molar-refractivity contribution in [2.45, 2.75) is 58.5 Å². The predicted octanol–water partition coefficient (Wildman–Crippen LogP) is 8.01. The maximum atomic E-state index is 13.1. The van der Waals surface area contributed by atoms with Gasteiger partial charge in [-0.3, -0.25) is 0 Å². The molecule has 0 amide bonds. The van der Waals surface area contributed by atoms with Gasteiger partial charge in [0.1, 0.15) is 6.10 Å². The van der Waals surface area contributed by atoms with Gasteiger partial charge in [-0.1, -0.05) is 90.1 Å². The highest BCUT2D eigenvalue weighted by atomic mass is 31.1. The minimum Gasteiger partial charge on any atom is -0.383 e. The summed E-state index contributed by atoms with van der Waals surface area (Å²) in [5.41, 5.74) is 4.30. The Balaban J connectivity index is 1.98.